The second kappa shape index (κ2) is 10.4. The van der Waals surface area contributed by atoms with E-state index in [2.05, 4.69) is 4.90 Å². The number of hydrogen-bond acceptors (Lipinski definition) is 5. The minimum atomic E-state index is -0.227. The van der Waals surface area contributed by atoms with Crippen LogP contribution in [0.25, 0.3) is 0 Å². The van der Waals surface area contributed by atoms with Crippen LogP contribution in [-0.4, -0.2) is 41.7 Å². The van der Waals surface area contributed by atoms with Crippen LogP contribution in [0.4, 0.5) is 0 Å². The third-order valence-electron chi connectivity index (χ3n) is 5.03. The molecule has 0 amide bonds. The van der Waals surface area contributed by atoms with Gasteiger partial charge in [-0.1, -0.05) is 54.7 Å². The summed E-state index contributed by atoms with van der Waals surface area (Å²) < 4.78 is 16.6. The SMILES string of the molecule is CCOC(=O)C[C@@H]1[C@@H](OCc2ccccc2)CC(=S)N1Cc1ccc(OC)cc1. The quantitative estimate of drug-likeness (QED) is 0.455. The summed E-state index contributed by atoms with van der Waals surface area (Å²) in [7, 11) is 1.65. The Labute approximate surface area is 177 Å². The molecule has 6 heteroatoms. The molecule has 3 rings (SSSR count). The number of carbonyl (C=O) groups is 1. The Morgan fingerprint density at radius 2 is 1.83 bits per heavy atom. The van der Waals surface area contributed by atoms with Crippen LogP contribution in [-0.2, 0) is 27.4 Å². The molecule has 0 bridgehead atoms. The van der Waals surface area contributed by atoms with Crippen molar-refractivity contribution in [3.05, 3.63) is 65.7 Å². The van der Waals surface area contributed by atoms with Gasteiger partial charge in [-0.05, 0) is 30.2 Å². The molecule has 1 saturated heterocycles. The molecule has 2 aromatic carbocycles. The summed E-state index contributed by atoms with van der Waals surface area (Å²) in [5.41, 5.74) is 2.20. The van der Waals surface area contributed by atoms with Crippen LogP contribution in [0.1, 0.15) is 30.9 Å². The van der Waals surface area contributed by atoms with Crippen molar-refractivity contribution in [2.24, 2.45) is 0 Å². The van der Waals surface area contributed by atoms with Gasteiger partial charge in [-0.15, -0.1) is 0 Å². The molecule has 29 heavy (non-hydrogen) atoms. The molecule has 0 saturated carbocycles. The van der Waals surface area contributed by atoms with E-state index in [9.17, 15) is 4.79 Å². The lowest BCUT2D eigenvalue weighted by Gasteiger charge is -2.29. The summed E-state index contributed by atoms with van der Waals surface area (Å²) >= 11 is 5.66. The predicted octanol–water partition coefficient (Wildman–Crippen LogP) is 4.14. The minimum absolute atomic E-state index is 0.146. The molecule has 2 atom stereocenters. The number of likely N-dealkylation sites (tertiary alicyclic amines) is 1. The molecule has 154 valence electrons. The normalized spacial score (nSPS) is 18.7. The first-order valence-corrected chi connectivity index (χ1v) is 10.2. The number of esters is 1. The molecule has 1 heterocycles. The lowest BCUT2D eigenvalue weighted by Crippen LogP contribution is -2.39. The maximum atomic E-state index is 12.2. The third kappa shape index (κ3) is 5.78. The molecule has 0 unspecified atom stereocenters. The van der Waals surface area contributed by atoms with E-state index in [1.807, 2.05) is 61.5 Å². The van der Waals surface area contributed by atoms with Crippen LogP contribution < -0.4 is 4.74 Å². The van der Waals surface area contributed by atoms with E-state index in [0.29, 0.717) is 26.2 Å². The molecule has 0 aliphatic carbocycles. The predicted molar refractivity (Wildman–Crippen MR) is 116 cm³/mol. The van der Waals surface area contributed by atoms with Crippen molar-refractivity contribution < 1.29 is 19.0 Å². The van der Waals surface area contributed by atoms with Gasteiger partial charge in [0.2, 0.25) is 0 Å². The van der Waals surface area contributed by atoms with E-state index in [1.54, 1.807) is 7.11 Å². The molecular weight excluding hydrogens is 386 g/mol. The number of ether oxygens (including phenoxy) is 3. The van der Waals surface area contributed by atoms with Crippen molar-refractivity contribution in [2.75, 3.05) is 13.7 Å². The Morgan fingerprint density at radius 3 is 2.48 bits per heavy atom. The van der Waals surface area contributed by atoms with Gasteiger partial charge < -0.3 is 19.1 Å². The molecule has 1 aliphatic heterocycles. The van der Waals surface area contributed by atoms with Crippen LogP contribution in [0.2, 0.25) is 0 Å². The number of nitrogens with zero attached hydrogens (tertiary/aromatic N) is 1. The second-order valence-electron chi connectivity index (χ2n) is 6.99. The fraction of sp³-hybridized carbons (Fsp3) is 0.391. The average molecular weight is 414 g/mol. The zero-order valence-corrected chi connectivity index (χ0v) is 17.7. The van der Waals surface area contributed by atoms with Crippen molar-refractivity contribution in [3.8, 4) is 5.75 Å². The van der Waals surface area contributed by atoms with E-state index in [1.165, 1.54) is 0 Å². The second-order valence-corrected chi connectivity index (χ2v) is 7.46. The van der Waals surface area contributed by atoms with E-state index >= 15 is 0 Å². The minimum Gasteiger partial charge on any atom is -0.497 e. The van der Waals surface area contributed by atoms with Crippen LogP contribution in [0.3, 0.4) is 0 Å². The van der Waals surface area contributed by atoms with Gasteiger partial charge in [-0.25, -0.2) is 0 Å². The fourth-order valence-corrected chi connectivity index (χ4v) is 3.89. The summed E-state index contributed by atoms with van der Waals surface area (Å²) in [5.74, 6) is 0.583. The van der Waals surface area contributed by atoms with Crippen molar-refractivity contribution in [1.82, 2.24) is 4.90 Å². The van der Waals surface area contributed by atoms with E-state index in [0.717, 1.165) is 21.9 Å². The van der Waals surface area contributed by atoms with Crippen LogP contribution in [0.5, 0.6) is 5.75 Å². The molecule has 1 aliphatic rings. The zero-order chi connectivity index (χ0) is 20.6. The molecule has 0 N–H and O–H groups in total. The standard InChI is InChI=1S/C23H27NO4S/c1-3-27-23(25)13-20-21(28-16-18-7-5-4-6-8-18)14-22(29)24(20)15-17-9-11-19(26-2)12-10-17/h4-12,20-21H,3,13-16H2,1-2H3/t20-,21+/m1/s1. The van der Waals surface area contributed by atoms with Crippen LogP contribution in [0.15, 0.2) is 54.6 Å². The lowest BCUT2D eigenvalue weighted by molar-refractivity contribution is -0.145. The van der Waals surface area contributed by atoms with Crippen molar-refractivity contribution in [2.45, 2.75) is 45.1 Å². The molecule has 2 aromatic rings. The van der Waals surface area contributed by atoms with Crippen LogP contribution >= 0.6 is 12.2 Å². The first kappa shape index (κ1) is 21.3. The Morgan fingerprint density at radius 1 is 1.10 bits per heavy atom. The molecule has 1 fully saturated rings. The number of carbonyl (C=O) groups excluding carboxylic acids is 1. The summed E-state index contributed by atoms with van der Waals surface area (Å²) in [5, 5.41) is 0. The maximum absolute atomic E-state index is 12.2. The highest BCUT2D eigenvalue weighted by atomic mass is 32.1. The van der Waals surface area contributed by atoms with Gasteiger partial charge in [0.05, 0.1) is 43.9 Å². The number of thiocarbonyl (C=S) groups is 1. The monoisotopic (exact) mass is 413 g/mol. The number of hydrogen-bond donors (Lipinski definition) is 0. The summed E-state index contributed by atoms with van der Waals surface area (Å²) in [6.45, 7) is 3.29. The van der Waals surface area contributed by atoms with E-state index < -0.39 is 0 Å². The van der Waals surface area contributed by atoms with Crippen molar-refractivity contribution >= 4 is 23.2 Å². The molecule has 5 nitrogen and oxygen atoms in total. The third-order valence-corrected chi connectivity index (χ3v) is 5.43. The van der Waals surface area contributed by atoms with Gasteiger partial charge in [0.25, 0.3) is 0 Å². The first-order chi connectivity index (χ1) is 14.1. The Balaban J connectivity index is 1.73. The lowest BCUT2D eigenvalue weighted by atomic mass is 10.1. The van der Waals surface area contributed by atoms with Crippen molar-refractivity contribution in [1.29, 1.82) is 0 Å². The van der Waals surface area contributed by atoms with Gasteiger partial charge in [-0.3, -0.25) is 4.79 Å². The zero-order valence-electron chi connectivity index (χ0n) is 16.9. The van der Waals surface area contributed by atoms with E-state index in [-0.39, 0.29) is 24.5 Å². The topological polar surface area (TPSA) is 48.0 Å². The number of benzene rings is 2. The molecule has 0 radical (unpaired) electrons. The molecule has 0 aromatic heterocycles. The largest absolute Gasteiger partial charge is 0.497 e. The first-order valence-electron chi connectivity index (χ1n) is 9.84. The Bertz CT molecular complexity index is 809. The fourth-order valence-electron chi connectivity index (χ4n) is 3.52. The molecular formula is C23H27NO4S. The smallest absolute Gasteiger partial charge is 0.307 e. The highest BCUT2D eigenvalue weighted by Gasteiger charge is 2.39. The van der Waals surface area contributed by atoms with Crippen molar-refractivity contribution in [3.63, 3.8) is 0 Å². The Kier molecular flexibility index (Phi) is 7.61. The summed E-state index contributed by atoms with van der Waals surface area (Å²) in [6, 6.07) is 17.8. The van der Waals surface area contributed by atoms with Gasteiger partial charge in [0.1, 0.15) is 5.75 Å². The number of rotatable bonds is 9. The van der Waals surface area contributed by atoms with Gasteiger partial charge >= 0.3 is 5.97 Å². The maximum Gasteiger partial charge on any atom is 0.307 e. The van der Waals surface area contributed by atoms with Gasteiger partial charge in [-0.2, -0.15) is 0 Å². The summed E-state index contributed by atoms with van der Waals surface area (Å²) in [4.78, 5) is 15.2. The van der Waals surface area contributed by atoms with Crippen LogP contribution in [0, 0.1) is 0 Å². The highest BCUT2D eigenvalue weighted by Crippen LogP contribution is 2.29. The van der Waals surface area contributed by atoms with Gasteiger partial charge in [0.15, 0.2) is 0 Å². The molecule has 0 spiro atoms. The number of methoxy groups -OCH3 is 1. The van der Waals surface area contributed by atoms with E-state index in [4.69, 9.17) is 26.4 Å². The highest BCUT2D eigenvalue weighted by molar-refractivity contribution is 7.80. The average Bonchev–Trinajstić information content (AvgIpc) is 3.02. The Hall–Kier alpha value is -2.44. The summed E-state index contributed by atoms with van der Waals surface area (Å²) in [6.07, 6.45) is 0.733. The van der Waals surface area contributed by atoms with Gasteiger partial charge in [0, 0.05) is 13.0 Å².